The van der Waals surface area contributed by atoms with Crippen molar-refractivity contribution in [1.82, 2.24) is 10.2 Å². The van der Waals surface area contributed by atoms with Crippen LogP contribution in [0.1, 0.15) is 47.2 Å². The van der Waals surface area contributed by atoms with Crippen LogP contribution in [0.5, 0.6) is 0 Å². The smallest absolute Gasteiger partial charge is 0.253 e. The number of hydrogen-bond donors (Lipinski definition) is 2. The Hall–Kier alpha value is -2.51. The van der Waals surface area contributed by atoms with Crippen LogP contribution in [0, 0.1) is 18.6 Å². The van der Waals surface area contributed by atoms with E-state index in [2.05, 4.69) is 10.2 Å². The number of nitrogens with one attached hydrogen (secondary N) is 1. The van der Waals surface area contributed by atoms with Crippen LogP contribution in [-0.4, -0.2) is 54.2 Å². The van der Waals surface area contributed by atoms with Gasteiger partial charge in [-0.3, -0.25) is 4.79 Å². The van der Waals surface area contributed by atoms with Crippen LogP contribution >= 0.6 is 0 Å². The lowest BCUT2D eigenvalue weighted by molar-refractivity contribution is 0.0474. The standard InChI is InChI=1S/C25H31F2N3O2/c1-17-4-9-23(26)22(24(17)27)15-28-19-10-13-29(14-11-19)20-7-5-18(6-8-20)25(32)30-12-2-3-21(31)16-30/h4-9,19,21,28,31H,2-3,10-16H2,1H3. The quantitative estimate of drug-likeness (QED) is 0.741. The van der Waals surface area contributed by atoms with E-state index in [0.717, 1.165) is 44.5 Å². The normalized spacial score (nSPS) is 19.9. The van der Waals surface area contributed by atoms with Gasteiger partial charge < -0.3 is 20.2 Å². The van der Waals surface area contributed by atoms with Gasteiger partial charge in [-0.15, -0.1) is 0 Å². The summed E-state index contributed by atoms with van der Waals surface area (Å²) >= 11 is 0. The minimum absolute atomic E-state index is 0.0335. The van der Waals surface area contributed by atoms with Gasteiger partial charge in [0, 0.05) is 55.6 Å². The molecule has 7 heteroatoms. The Labute approximate surface area is 188 Å². The molecule has 32 heavy (non-hydrogen) atoms. The number of piperidine rings is 2. The highest BCUT2D eigenvalue weighted by molar-refractivity contribution is 5.94. The molecule has 0 spiro atoms. The fraction of sp³-hybridized carbons (Fsp3) is 0.480. The average molecular weight is 444 g/mol. The zero-order valence-electron chi connectivity index (χ0n) is 18.5. The lowest BCUT2D eigenvalue weighted by Gasteiger charge is -2.34. The molecule has 2 aromatic rings. The number of β-amino-alcohol motifs (C(OH)–C–C–N with tert-alkyl or cyclic N) is 1. The van der Waals surface area contributed by atoms with Gasteiger partial charge in [-0.1, -0.05) is 6.07 Å². The van der Waals surface area contributed by atoms with Gasteiger partial charge in [0.1, 0.15) is 11.6 Å². The summed E-state index contributed by atoms with van der Waals surface area (Å²) < 4.78 is 28.2. The molecule has 5 nitrogen and oxygen atoms in total. The van der Waals surface area contributed by atoms with Crippen LogP contribution in [0.15, 0.2) is 36.4 Å². The SMILES string of the molecule is Cc1ccc(F)c(CNC2CCN(c3ccc(C(=O)N4CCCC(O)C4)cc3)CC2)c1F. The summed E-state index contributed by atoms with van der Waals surface area (Å²) in [6, 6.07) is 10.6. The van der Waals surface area contributed by atoms with Gasteiger partial charge >= 0.3 is 0 Å². The molecule has 172 valence electrons. The molecule has 2 N–H and O–H groups in total. The molecule has 2 fully saturated rings. The molecular weight excluding hydrogens is 412 g/mol. The Morgan fingerprint density at radius 3 is 2.47 bits per heavy atom. The molecule has 0 aromatic heterocycles. The summed E-state index contributed by atoms with van der Waals surface area (Å²) in [6.45, 7) is 4.59. The van der Waals surface area contributed by atoms with Gasteiger partial charge in [-0.25, -0.2) is 8.78 Å². The van der Waals surface area contributed by atoms with E-state index < -0.39 is 17.7 Å². The van der Waals surface area contributed by atoms with E-state index in [1.807, 2.05) is 24.3 Å². The molecule has 0 bridgehead atoms. The average Bonchev–Trinajstić information content (AvgIpc) is 2.81. The van der Waals surface area contributed by atoms with E-state index in [1.54, 1.807) is 11.8 Å². The summed E-state index contributed by atoms with van der Waals surface area (Å²) in [6.07, 6.45) is 2.91. The highest BCUT2D eigenvalue weighted by Gasteiger charge is 2.24. The zero-order valence-corrected chi connectivity index (χ0v) is 18.5. The Kier molecular flexibility index (Phi) is 7.06. The van der Waals surface area contributed by atoms with Crippen LogP contribution in [-0.2, 0) is 6.54 Å². The van der Waals surface area contributed by atoms with E-state index in [-0.39, 0.29) is 24.1 Å². The Morgan fingerprint density at radius 1 is 1.06 bits per heavy atom. The monoisotopic (exact) mass is 443 g/mol. The number of aliphatic hydroxyl groups is 1. The van der Waals surface area contributed by atoms with Crippen molar-refractivity contribution in [2.45, 2.75) is 51.3 Å². The van der Waals surface area contributed by atoms with Gasteiger partial charge in [0.25, 0.3) is 5.91 Å². The Balaban J connectivity index is 1.29. The van der Waals surface area contributed by atoms with Crippen molar-refractivity contribution in [1.29, 1.82) is 0 Å². The van der Waals surface area contributed by atoms with E-state index in [1.165, 1.54) is 12.1 Å². The molecule has 2 aromatic carbocycles. The lowest BCUT2D eigenvalue weighted by Crippen LogP contribution is -2.42. The van der Waals surface area contributed by atoms with Gasteiger partial charge in [0.2, 0.25) is 0 Å². The fourth-order valence-electron chi connectivity index (χ4n) is 4.60. The summed E-state index contributed by atoms with van der Waals surface area (Å²) in [5, 5.41) is 13.1. The maximum Gasteiger partial charge on any atom is 0.253 e. The number of benzene rings is 2. The van der Waals surface area contributed by atoms with Crippen LogP contribution in [0.4, 0.5) is 14.5 Å². The molecule has 0 radical (unpaired) electrons. The third-order valence-electron chi connectivity index (χ3n) is 6.60. The number of carbonyl (C=O) groups is 1. The predicted octanol–water partition coefficient (Wildman–Crippen LogP) is 3.63. The molecule has 2 aliphatic rings. The van der Waals surface area contributed by atoms with Crippen molar-refractivity contribution in [3.8, 4) is 0 Å². The fourth-order valence-corrected chi connectivity index (χ4v) is 4.60. The summed E-state index contributed by atoms with van der Waals surface area (Å²) in [5.74, 6) is -1.01. The van der Waals surface area contributed by atoms with Gasteiger partial charge in [0.15, 0.2) is 0 Å². The van der Waals surface area contributed by atoms with Crippen molar-refractivity contribution in [2.24, 2.45) is 0 Å². The Morgan fingerprint density at radius 2 is 1.78 bits per heavy atom. The van der Waals surface area contributed by atoms with Gasteiger partial charge in [0.05, 0.1) is 6.10 Å². The summed E-state index contributed by atoms with van der Waals surface area (Å²) in [7, 11) is 0. The van der Waals surface area contributed by atoms with E-state index in [0.29, 0.717) is 24.2 Å². The third-order valence-corrected chi connectivity index (χ3v) is 6.60. The van der Waals surface area contributed by atoms with Crippen molar-refractivity contribution in [3.63, 3.8) is 0 Å². The van der Waals surface area contributed by atoms with Crippen molar-refractivity contribution in [3.05, 3.63) is 64.7 Å². The zero-order chi connectivity index (χ0) is 22.7. The van der Waals surface area contributed by atoms with Crippen molar-refractivity contribution in [2.75, 3.05) is 31.1 Å². The first kappa shape index (κ1) is 22.7. The Bertz CT molecular complexity index is 943. The van der Waals surface area contributed by atoms with Gasteiger partial charge in [-0.05, 0) is 68.5 Å². The molecule has 2 aliphatic heterocycles. The van der Waals surface area contributed by atoms with Crippen LogP contribution in [0.2, 0.25) is 0 Å². The van der Waals surface area contributed by atoms with Crippen LogP contribution in [0.25, 0.3) is 0 Å². The minimum Gasteiger partial charge on any atom is -0.391 e. The molecule has 0 aliphatic carbocycles. The summed E-state index contributed by atoms with van der Waals surface area (Å²) in [4.78, 5) is 16.7. The number of halogens is 2. The minimum atomic E-state index is -0.508. The summed E-state index contributed by atoms with van der Waals surface area (Å²) in [5.41, 5.74) is 2.27. The number of nitrogens with zero attached hydrogens (tertiary/aromatic N) is 2. The number of rotatable bonds is 5. The topological polar surface area (TPSA) is 55.8 Å². The molecule has 1 atom stereocenters. The molecule has 0 saturated carbocycles. The first-order valence-corrected chi connectivity index (χ1v) is 11.4. The maximum atomic E-state index is 14.2. The van der Waals surface area contributed by atoms with Crippen LogP contribution in [0.3, 0.4) is 0 Å². The predicted molar refractivity (Wildman–Crippen MR) is 121 cm³/mol. The maximum absolute atomic E-state index is 14.2. The number of hydrogen-bond acceptors (Lipinski definition) is 4. The van der Waals surface area contributed by atoms with Crippen molar-refractivity contribution < 1.29 is 18.7 Å². The molecule has 1 unspecified atom stereocenters. The number of carbonyl (C=O) groups excluding carboxylic acids is 1. The number of anilines is 1. The van der Waals surface area contributed by atoms with E-state index >= 15 is 0 Å². The van der Waals surface area contributed by atoms with Crippen LogP contribution < -0.4 is 10.2 Å². The first-order valence-electron chi connectivity index (χ1n) is 11.4. The van der Waals surface area contributed by atoms with E-state index in [4.69, 9.17) is 0 Å². The molecule has 2 heterocycles. The number of amides is 1. The van der Waals surface area contributed by atoms with E-state index in [9.17, 15) is 18.7 Å². The highest BCUT2D eigenvalue weighted by atomic mass is 19.1. The molecule has 1 amide bonds. The lowest BCUT2D eigenvalue weighted by atomic mass is 10.0. The highest BCUT2D eigenvalue weighted by Crippen LogP contribution is 2.23. The van der Waals surface area contributed by atoms with Crippen molar-refractivity contribution >= 4 is 11.6 Å². The second-order valence-electron chi connectivity index (χ2n) is 8.89. The largest absolute Gasteiger partial charge is 0.391 e. The second kappa shape index (κ2) is 9.96. The number of aryl methyl sites for hydroxylation is 1. The molecule has 4 rings (SSSR count). The molecule has 2 saturated heterocycles. The first-order chi connectivity index (χ1) is 15.4. The molecular formula is C25H31F2N3O2. The van der Waals surface area contributed by atoms with Gasteiger partial charge in [-0.2, -0.15) is 0 Å². The second-order valence-corrected chi connectivity index (χ2v) is 8.89. The number of aliphatic hydroxyl groups excluding tert-OH is 1. The number of likely N-dealkylation sites (tertiary alicyclic amines) is 1. The third kappa shape index (κ3) is 5.10.